The molecule has 1 fully saturated rings. The summed E-state index contributed by atoms with van der Waals surface area (Å²) in [6.07, 6.45) is 2.16. The van der Waals surface area contributed by atoms with Crippen molar-refractivity contribution in [3.05, 3.63) is 40.9 Å². The van der Waals surface area contributed by atoms with E-state index in [9.17, 15) is 14.7 Å². The number of hydrogen-bond acceptors (Lipinski definition) is 7. The van der Waals surface area contributed by atoms with Crippen LogP contribution in [0.4, 0.5) is 5.69 Å². The summed E-state index contributed by atoms with van der Waals surface area (Å²) >= 11 is 10.2. The first-order valence-electron chi connectivity index (χ1n) is 8.63. The predicted octanol–water partition coefficient (Wildman–Crippen LogP) is 4.44. The van der Waals surface area contributed by atoms with Crippen LogP contribution in [0.25, 0.3) is 0 Å². The van der Waals surface area contributed by atoms with Crippen LogP contribution < -0.4 is 4.90 Å². The number of alkyl halides is 1. The molecule has 1 aliphatic rings. The normalized spacial score (nSPS) is 20.5. The SMILES string of the molecule is CCC(O)c1ccc(N2C(=O)C(Cl)SC2CCSc2ncc(C(=O)O)s2)cc1. The zero-order chi connectivity index (χ0) is 20.3. The van der Waals surface area contributed by atoms with Crippen LogP contribution in [0.15, 0.2) is 34.8 Å². The summed E-state index contributed by atoms with van der Waals surface area (Å²) in [5.41, 5.74) is 1.57. The lowest BCUT2D eigenvalue weighted by atomic mass is 10.1. The molecule has 0 aliphatic carbocycles. The van der Waals surface area contributed by atoms with E-state index in [0.29, 0.717) is 22.9 Å². The van der Waals surface area contributed by atoms with E-state index in [-0.39, 0.29) is 16.2 Å². The first kappa shape index (κ1) is 21.4. The number of rotatable bonds is 8. The molecule has 1 aliphatic heterocycles. The Morgan fingerprint density at radius 2 is 2.11 bits per heavy atom. The Kier molecular flexibility index (Phi) is 7.27. The van der Waals surface area contributed by atoms with E-state index in [1.54, 1.807) is 4.90 Å². The number of hydrogen-bond donors (Lipinski definition) is 2. The van der Waals surface area contributed by atoms with Crippen molar-refractivity contribution in [3.8, 4) is 0 Å². The Balaban J connectivity index is 1.65. The number of nitrogens with zero attached hydrogens (tertiary/aromatic N) is 2. The molecule has 0 radical (unpaired) electrons. The van der Waals surface area contributed by atoms with Gasteiger partial charge in [0, 0.05) is 11.4 Å². The number of amides is 1. The number of aromatic nitrogens is 1. The highest BCUT2D eigenvalue weighted by molar-refractivity contribution is 8.03. The second kappa shape index (κ2) is 9.49. The molecular weight excluding hydrogens is 440 g/mol. The fraction of sp³-hybridized carbons (Fsp3) is 0.389. The number of carboxylic acid groups (broad SMARTS) is 1. The third kappa shape index (κ3) is 4.83. The fourth-order valence-corrected chi connectivity index (χ4v) is 6.36. The van der Waals surface area contributed by atoms with Gasteiger partial charge in [0.1, 0.15) is 4.88 Å². The second-order valence-electron chi connectivity index (χ2n) is 6.06. The molecule has 0 bridgehead atoms. The number of aliphatic hydroxyl groups is 1. The average molecular weight is 459 g/mol. The molecule has 1 aromatic carbocycles. The Bertz CT molecular complexity index is 846. The van der Waals surface area contributed by atoms with Gasteiger partial charge in [-0.2, -0.15) is 0 Å². The molecule has 1 saturated heterocycles. The van der Waals surface area contributed by atoms with Crippen LogP contribution in [0.2, 0.25) is 0 Å². The van der Waals surface area contributed by atoms with E-state index in [1.165, 1.54) is 29.7 Å². The summed E-state index contributed by atoms with van der Waals surface area (Å²) in [4.78, 5) is 29.5. The minimum atomic E-state index is -0.978. The molecule has 2 heterocycles. The van der Waals surface area contributed by atoms with Gasteiger partial charge in [0.05, 0.1) is 17.7 Å². The zero-order valence-corrected chi connectivity index (χ0v) is 18.2. The number of aliphatic hydroxyl groups excluding tert-OH is 1. The number of aromatic carboxylic acids is 1. The number of thiazole rings is 1. The van der Waals surface area contributed by atoms with Crippen molar-refractivity contribution in [2.45, 2.75) is 40.3 Å². The van der Waals surface area contributed by atoms with Crippen LogP contribution in [0.3, 0.4) is 0 Å². The summed E-state index contributed by atoms with van der Waals surface area (Å²) in [6, 6.07) is 7.33. The van der Waals surface area contributed by atoms with Crippen LogP contribution in [0.1, 0.15) is 41.1 Å². The lowest BCUT2D eigenvalue weighted by molar-refractivity contribution is -0.116. The molecule has 2 aromatic rings. The maximum Gasteiger partial charge on any atom is 0.347 e. The number of benzene rings is 1. The number of anilines is 1. The molecule has 3 unspecified atom stereocenters. The van der Waals surface area contributed by atoms with E-state index in [2.05, 4.69) is 4.98 Å². The zero-order valence-electron chi connectivity index (χ0n) is 14.9. The summed E-state index contributed by atoms with van der Waals surface area (Å²) in [7, 11) is 0. The van der Waals surface area contributed by atoms with Crippen molar-refractivity contribution in [3.63, 3.8) is 0 Å². The van der Waals surface area contributed by atoms with Crippen molar-refractivity contribution < 1.29 is 19.8 Å². The van der Waals surface area contributed by atoms with Crippen LogP contribution in [0, 0.1) is 0 Å². The molecule has 2 N–H and O–H groups in total. The van der Waals surface area contributed by atoms with Gasteiger partial charge in [-0.1, -0.05) is 30.8 Å². The Morgan fingerprint density at radius 1 is 1.39 bits per heavy atom. The lowest BCUT2D eigenvalue weighted by Crippen LogP contribution is -2.34. The van der Waals surface area contributed by atoms with Crippen molar-refractivity contribution in [1.29, 1.82) is 0 Å². The third-order valence-corrected chi connectivity index (χ3v) is 8.10. The fourth-order valence-electron chi connectivity index (χ4n) is 2.76. The molecule has 0 saturated carbocycles. The van der Waals surface area contributed by atoms with E-state index >= 15 is 0 Å². The van der Waals surface area contributed by atoms with Crippen molar-refractivity contribution >= 4 is 64.0 Å². The first-order valence-corrected chi connectivity index (χ1v) is 11.8. The summed E-state index contributed by atoms with van der Waals surface area (Å²) < 4.78 is 0.0630. The molecular formula is C18H19ClN2O4S3. The average Bonchev–Trinajstić information content (AvgIpc) is 3.27. The van der Waals surface area contributed by atoms with E-state index in [4.69, 9.17) is 16.7 Å². The maximum absolute atomic E-state index is 12.5. The highest BCUT2D eigenvalue weighted by atomic mass is 35.5. The largest absolute Gasteiger partial charge is 0.477 e. The van der Waals surface area contributed by atoms with Gasteiger partial charge in [-0.3, -0.25) is 9.69 Å². The highest BCUT2D eigenvalue weighted by Gasteiger charge is 2.39. The maximum atomic E-state index is 12.5. The van der Waals surface area contributed by atoms with Gasteiger partial charge in [0.15, 0.2) is 9.05 Å². The summed E-state index contributed by atoms with van der Waals surface area (Å²) in [6.45, 7) is 1.91. The molecule has 6 nitrogen and oxygen atoms in total. The number of carbonyl (C=O) groups is 2. The van der Waals surface area contributed by atoms with E-state index < -0.39 is 16.8 Å². The lowest BCUT2D eigenvalue weighted by Gasteiger charge is -2.24. The first-order chi connectivity index (χ1) is 13.4. The van der Waals surface area contributed by atoms with Gasteiger partial charge in [0.2, 0.25) is 0 Å². The Hall–Kier alpha value is -1.26. The Morgan fingerprint density at radius 3 is 2.71 bits per heavy atom. The van der Waals surface area contributed by atoms with Crippen molar-refractivity contribution in [1.82, 2.24) is 4.98 Å². The molecule has 3 rings (SSSR count). The topological polar surface area (TPSA) is 90.7 Å². The second-order valence-corrected chi connectivity index (χ2v) is 10.4. The van der Waals surface area contributed by atoms with Crippen LogP contribution in [-0.4, -0.2) is 42.9 Å². The van der Waals surface area contributed by atoms with Crippen molar-refractivity contribution in [2.24, 2.45) is 0 Å². The number of carboxylic acids is 1. The molecule has 150 valence electrons. The smallest absolute Gasteiger partial charge is 0.347 e. The molecule has 10 heteroatoms. The molecule has 0 spiro atoms. The van der Waals surface area contributed by atoms with Gasteiger partial charge in [0.25, 0.3) is 5.91 Å². The molecule has 28 heavy (non-hydrogen) atoms. The minimum Gasteiger partial charge on any atom is -0.477 e. The number of carbonyl (C=O) groups excluding carboxylic acids is 1. The summed E-state index contributed by atoms with van der Waals surface area (Å²) in [5.74, 6) is -0.438. The quantitative estimate of drug-likeness (QED) is 0.446. The van der Waals surface area contributed by atoms with Gasteiger partial charge in [-0.25, -0.2) is 9.78 Å². The van der Waals surface area contributed by atoms with Gasteiger partial charge >= 0.3 is 5.97 Å². The molecule has 1 amide bonds. The van der Waals surface area contributed by atoms with E-state index in [1.807, 2.05) is 31.2 Å². The van der Waals surface area contributed by atoms with Crippen LogP contribution in [-0.2, 0) is 4.79 Å². The van der Waals surface area contributed by atoms with Gasteiger partial charge in [-0.05, 0) is 30.5 Å². The number of halogens is 1. The Labute approximate surface area is 180 Å². The van der Waals surface area contributed by atoms with Crippen LogP contribution >= 0.6 is 46.5 Å². The predicted molar refractivity (Wildman–Crippen MR) is 115 cm³/mol. The third-order valence-electron chi connectivity index (χ3n) is 4.22. The van der Waals surface area contributed by atoms with Crippen molar-refractivity contribution in [2.75, 3.05) is 10.7 Å². The standard InChI is InChI=1S/C18H19ClN2O4S3/c1-2-12(22)10-3-5-11(6-4-10)21-14(28-15(19)16(21)23)7-8-26-18-20-9-13(27-18)17(24)25/h3-6,9,12,14-15,22H,2,7-8H2,1H3,(H,24,25). The van der Waals surface area contributed by atoms with E-state index in [0.717, 1.165) is 22.6 Å². The summed E-state index contributed by atoms with van der Waals surface area (Å²) in [5, 5.41) is 18.8. The molecule has 1 aromatic heterocycles. The molecule has 3 atom stereocenters. The number of thioether (sulfide) groups is 2. The monoisotopic (exact) mass is 458 g/mol. The highest BCUT2D eigenvalue weighted by Crippen LogP contribution is 2.40. The van der Waals surface area contributed by atoms with Crippen LogP contribution in [0.5, 0.6) is 0 Å². The van der Waals surface area contributed by atoms with Gasteiger partial charge in [-0.15, -0.1) is 34.7 Å². The minimum absolute atomic E-state index is 0.108. The van der Waals surface area contributed by atoms with Gasteiger partial charge < -0.3 is 10.2 Å².